The van der Waals surface area contributed by atoms with E-state index in [0.29, 0.717) is 5.56 Å². The normalized spacial score (nSPS) is 12.0. The highest BCUT2D eigenvalue weighted by Crippen LogP contribution is 2.20. The summed E-state index contributed by atoms with van der Waals surface area (Å²) < 4.78 is 13.3. The molecule has 0 saturated heterocycles. The number of hydrogen-bond donors (Lipinski definition) is 2. The molecule has 98 valence electrons. The molecule has 1 unspecified atom stereocenters. The van der Waals surface area contributed by atoms with Crippen molar-refractivity contribution in [2.75, 3.05) is 6.54 Å². The first-order valence-corrected chi connectivity index (χ1v) is 5.67. The smallest absolute Gasteiger partial charge is 0.308 e. The molecule has 1 aromatic carbocycles. The first-order chi connectivity index (χ1) is 8.32. The average molecular weight is 274 g/mol. The molecule has 1 amide bonds. The molecule has 1 atom stereocenters. The number of carbonyl (C=O) groups excluding carboxylic acids is 1. The van der Waals surface area contributed by atoms with E-state index in [1.807, 2.05) is 0 Å². The molecule has 0 aliphatic heterocycles. The number of benzene rings is 1. The van der Waals surface area contributed by atoms with Gasteiger partial charge in [-0.15, -0.1) is 0 Å². The minimum Gasteiger partial charge on any atom is -0.481 e. The van der Waals surface area contributed by atoms with Crippen molar-refractivity contribution in [1.29, 1.82) is 0 Å². The highest BCUT2D eigenvalue weighted by atomic mass is 35.5. The summed E-state index contributed by atoms with van der Waals surface area (Å²) in [5.74, 6) is -2.86. The number of nitrogens with one attached hydrogen (secondary N) is 1. The molecule has 0 fully saturated rings. The summed E-state index contributed by atoms with van der Waals surface area (Å²) in [5, 5.41) is 11.2. The third kappa shape index (κ3) is 3.43. The van der Waals surface area contributed by atoms with E-state index in [-0.39, 0.29) is 17.1 Å². The summed E-state index contributed by atoms with van der Waals surface area (Å²) in [6.45, 7) is 2.95. The Morgan fingerprint density at radius 1 is 1.50 bits per heavy atom. The van der Waals surface area contributed by atoms with Crippen molar-refractivity contribution in [3.63, 3.8) is 0 Å². The molecular formula is C12H13ClFNO3. The summed E-state index contributed by atoms with van der Waals surface area (Å²) in [4.78, 5) is 22.3. The topological polar surface area (TPSA) is 66.4 Å². The maximum Gasteiger partial charge on any atom is 0.308 e. The van der Waals surface area contributed by atoms with Gasteiger partial charge in [0.05, 0.1) is 16.5 Å². The molecule has 0 spiro atoms. The molecular weight excluding hydrogens is 261 g/mol. The van der Waals surface area contributed by atoms with Crippen molar-refractivity contribution in [1.82, 2.24) is 5.32 Å². The predicted molar refractivity (Wildman–Crippen MR) is 65.3 cm³/mol. The number of carbonyl (C=O) groups is 2. The van der Waals surface area contributed by atoms with E-state index < -0.39 is 23.6 Å². The van der Waals surface area contributed by atoms with Crippen LogP contribution >= 0.6 is 11.6 Å². The van der Waals surface area contributed by atoms with Gasteiger partial charge in [0.2, 0.25) is 0 Å². The van der Waals surface area contributed by atoms with Gasteiger partial charge in [0, 0.05) is 6.54 Å². The van der Waals surface area contributed by atoms with Crippen molar-refractivity contribution in [3.8, 4) is 0 Å². The van der Waals surface area contributed by atoms with Gasteiger partial charge in [-0.1, -0.05) is 18.5 Å². The Morgan fingerprint density at radius 3 is 2.67 bits per heavy atom. The lowest BCUT2D eigenvalue weighted by atomic mass is 10.1. The van der Waals surface area contributed by atoms with Gasteiger partial charge in [-0.25, -0.2) is 4.39 Å². The highest BCUT2D eigenvalue weighted by molar-refractivity contribution is 6.33. The maximum absolute atomic E-state index is 13.3. The number of aliphatic carboxylic acids is 1. The lowest BCUT2D eigenvalue weighted by molar-refractivity contribution is -0.140. The number of aryl methyl sites for hydroxylation is 1. The summed E-state index contributed by atoms with van der Waals surface area (Å²) in [6, 6.07) is 2.39. The molecule has 0 saturated carbocycles. The molecule has 0 bridgehead atoms. The first-order valence-electron chi connectivity index (χ1n) is 5.29. The second-order valence-corrected chi connectivity index (χ2v) is 4.44. The number of carboxylic acid groups (broad SMARTS) is 1. The lowest BCUT2D eigenvalue weighted by Crippen LogP contribution is -2.31. The van der Waals surface area contributed by atoms with E-state index in [4.69, 9.17) is 16.7 Å². The van der Waals surface area contributed by atoms with Gasteiger partial charge < -0.3 is 10.4 Å². The fourth-order valence-electron chi connectivity index (χ4n) is 1.25. The Kier molecular flexibility index (Phi) is 4.67. The SMILES string of the molecule is Cc1cc(Cl)c(C(=O)NCC(C)C(=O)O)cc1F. The predicted octanol–water partition coefficient (Wildman–Crippen LogP) is 2.24. The minimum absolute atomic E-state index is 0.00245. The van der Waals surface area contributed by atoms with Gasteiger partial charge in [0.15, 0.2) is 0 Å². The summed E-state index contributed by atoms with van der Waals surface area (Å²) >= 11 is 5.83. The zero-order chi connectivity index (χ0) is 13.9. The molecule has 0 aliphatic carbocycles. The van der Waals surface area contributed by atoms with Crippen LogP contribution in [0.5, 0.6) is 0 Å². The van der Waals surface area contributed by atoms with Crippen LogP contribution in [0.2, 0.25) is 5.02 Å². The zero-order valence-electron chi connectivity index (χ0n) is 9.96. The van der Waals surface area contributed by atoms with Crippen LogP contribution in [0.3, 0.4) is 0 Å². The number of rotatable bonds is 4. The van der Waals surface area contributed by atoms with Crippen molar-refractivity contribution in [2.24, 2.45) is 5.92 Å². The molecule has 0 aromatic heterocycles. The van der Waals surface area contributed by atoms with Gasteiger partial charge in [0.25, 0.3) is 5.91 Å². The van der Waals surface area contributed by atoms with Gasteiger partial charge in [0.1, 0.15) is 5.82 Å². The van der Waals surface area contributed by atoms with Crippen LogP contribution in [0.25, 0.3) is 0 Å². The van der Waals surface area contributed by atoms with Crippen LogP contribution < -0.4 is 5.32 Å². The third-order valence-electron chi connectivity index (χ3n) is 2.48. The number of halogens is 2. The Morgan fingerprint density at radius 2 is 2.11 bits per heavy atom. The molecule has 6 heteroatoms. The van der Waals surface area contributed by atoms with E-state index in [0.717, 1.165) is 6.07 Å². The molecule has 1 aromatic rings. The summed E-state index contributed by atoms with van der Waals surface area (Å²) in [7, 11) is 0. The van der Waals surface area contributed by atoms with Crippen molar-refractivity contribution >= 4 is 23.5 Å². The number of amides is 1. The third-order valence-corrected chi connectivity index (χ3v) is 2.80. The van der Waals surface area contributed by atoms with E-state index in [1.165, 1.54) is 19.9 Å². The standard InChI is InChI=1S/C12H13ClFNO3/c1-6-3-9(13)8(4-10(6)14)11(16)15-5-7(2)12(17)18/h3-4,7H,5H2,1-2H3,(H,15,16)(H,17,18). The highest BCUT2D eigenvalue weighted by Gasteiger charge is 2.16. The van der Waals surface area contributed by atoms with Crippen LogP contribution in [-0.4, -0.2) is 23.5 Å². The number of hydrogen-bond acceptors (Lipinski definition) is 2. The van der Waals surface area contributed by atoms with Crippen LogP contribution in [0.15, 0.2) is 12.1 Å². The van der Waals surface area contributed by atoms with Crippen molar-refractivity contribution in [3.05, 3.63) is 34.1 Å². The van der Waals surface area contributed by atoms with E-state index in [9.17, 15) is 14.0 Å². The van der Waals surface area contributed by atoms with Gasteiger partial charge >= 0.3 is 5.97 Å². The quantitative estimate of drug-likeness (QED) is 0.884. The fourth-order valence-corrected chi connectivity index (χ4v) is 1.55. The van der Waals surface area contributed by atoms with Crippen molar-refractivity contribution in [2.45, 2.75) is 13.8 Å². The molecule has 0 heterocycles. The lowest BCUT2D eigenvalue weighted by Gasteiger charge is -2.10. The zero-order valence-corrected chi connectivity index (χ0v) is 10.7. The Labute approximate surface area is 109 Å². The van der Waals surface area contributed by atoms with E-state index in [1.54, 1.807) is 0 Å². The monoisotopic (exact) mass is 273 g/mol. The molecule has 2 N–H and O–H groups in total. The van der Waals surface area contributed by atoms with Crippen LogP contribution in [0.1, 0.15) is 22.8 Å². The molecule has 0 radical (unpaired) electrons. The van der Waals surface area contributed by atoms with Crippen LogP contribution in [-0.2, 0) is 4.79 Å². The minimum atomic E-state index is -1.02. The fraction of sp³-hybridized carbons (Fsp3) is 0.333. The van der Waals surface area contributed by atoms with Crippen LogP contribution in [0, 0.1) is 18.7 Å². The van der Waals surface area contributed by atoms with Gasteiger partial charge in [-0.05, 0) is 24.6 Å². The Hall–Kier alpha value is -1.62. The average Bonchev–Trinajstić information content (AvgIpc) is 2.30. The van der Waals surface area contributed by atoms with Crippen molar-refractivity contribution < 1.29 is 19.1 Å². The molecule has 1 rings (SSSR count). The van der Waals surface area contributed by atoms with E-state index >= 15 is 0 Å². The van der Waals surface area contributed by atoms with Crippen LogP contribution in [0.4, 0.5) is 4.39 Å². The van der Waals surface area contributed by atoms with E-state index in [2.05, 4.69) is 5.32 Å². The maximum atomic E-state index is 13.3. The van der Waals surface area contributed by atoms with Gasteiger partial charge in [-0.2, -0.15) is 0 Å². The second-order valence-electron chi connectivity index (χ2n) is 4.03. The summed E-state index contributed by atoms with van der Waals surface area (Å²) in [6.07, 6.45) is 0. The van der Waals surface area contributed by atoms with Gasteiger partial charge in [-0.3, -0.25) is 9.59 Å². The first kappa shape index (κ1) is 14.4. The summed E-state index contributed by atoms with van der Waals surface area (Å²) in [5.41, 5.74) is 0.341. The molecule has 18 heavy (non-hydrogen) atoms. The Balaban J connectivity index is 2.79. The Bertz CT molecular complexity index is 490. The molecule has 4 nitrogen and oxygen atoms in total. The number of carboxylic acids is 1. The molecule has 0 aliphatic rings. The second kappa shape index (κ2) is 5.82. The largest absolute Gasteiger partial charge is 0.481 e.